The summed E-state index contributed by atoms with van der Waals surface area (Å²) in [4.78, 5) is 4.10. The molecule has 2 heterocycles. The van der Waals surface area contributed by atoms with Gasteiger partial charge in [-0.3, -0.25) is 9.67 Å². The third kappa shape index (κ3) is 2.41. The number of aryl methyl sites for hydroxylation is 1. The molecule has 0 spiro atoms. The van der Waals surface area contributed by atoms with E-state index in [0.29, 0.717) is 12.1 Å². The standard InChI is InChI=1S/C11H13N3O/c1-14-7-5-9(13-14)8-11(15)10-4-2-3-6-12-10/h2-7,11,15H,8H2,1H3. The van der Waals surface area contributed by atoms with Crippen LogP contribution in [0.15, 0.2) is 36.7 Å². The van der Waals surface area contributed by atoms with Crippen molar-refractivity contribution < 1.29 is 5.11 Å². The Labute approximate surface area is 88.2 Å². The Morgan fingerprint density at radius 3 is 2.87 bits per heavy atom. The average Bonchev–Trinajstić information content (AvgIpc) is 2.65. The van der Waals surface area contributed by atoms with E-state index in [-0.39, 0.29) is 0 Å². The van der Waals surface area contributed by atoms with Gasteiger partial charge in [0.2, 0.25) is 0 Å². The Kier molecular flexibility index (Phi) is 2.78. The summed E-state index contributed by atoms with van der Waals surface area (Å²) in [6, 6.07) is 7.40. The molecule has 0 aliphatic carbocycles. The Bertz CT molecular complexity index is 424. The van der Waals surface area contributed by atoms with Crippen LogP contribution >= 0.6 is 0 Å². The first-order chi connectivity index (χ1) is 7.25. The molecule has 0 bridgehead atoms. The summed E-state index contributed by atoms with van der Waals surface area (Å²) in [5.41, 5.74) is 1.55. The van der Waals surface area contributed by atoms with Gasteiger partial charge < -0.3 is 5.11 Å². The van der Waals surface area contributed by atoms with Gasteiger partial charge in [-0.25, -0.2) is 0 Å². The largest absolute Gasteiger partial charge is 0.386 e. The van der Waals surface area contributed by atoms with Gasteiger partial charge in [-0.1, -0.05) is 6.07 Å². The zero-order chi connectivity index (χ0) is 10.7. The Hall–Kier alpha value is -1.68. The van der Waals surface area contributed by atoms with E-state index in [1.807, 2.05) is 37.5 Å². The lowest BCUT2D eigenvalue weighted by atomic mass is 10.1. The molecule has 0 radical (unpaired) electrons. The molecule has 4 nitrogen and oxygen atoms in total. The predicted molar refractivity (Wildman–Crippen MR) is 56.1 cm³/mol. The van der Waals surface area contributed by atoms with Crippen LogP contribution in [-0.4, -0.2) is 19.9 Å². The lowest BCUT2D eigenvalue weighted by molar-refractivity contribution is 0.172. The first-order valence-electron chi connectivity index (χ1n) is 4.83. The van der Waals surface area contributed by atoms with Crippen molar-refractivity contribution in [1.29, 1.82) is 0 Å². The maximum atomic E-state index is 9.87. The fourth-order valence-electron chi connectivity index (χ4n) is 1.45. The zero-order valence-electron chi connectivity index (χ0n) is 8.54. The van der Waals surface area contributed by atoms with E-state index in [9.17, 15) is 5.11 Å². The third-order valence-corrected chi connectivity index (χ3v) is 2.20. The molecule has 1 N–H and O–H groups in total. The number of hydrogen-bond donors (Lipinski definition) is 1. The van der Waals surface area contributed by atoms with Crippen molar-refractivity contribution in [3.05, 3.63) is 48.0 Å². The van der Waals surface area contributed by atoms with Crippen molar-refractivity contribution in [3.63, 3.8) is 0 Å². The van der Waals surface area contributed by atoms with E-state index in [2.05, 4.69) is 10.1 Å². The molecule has 15 heavy (non-hydrogen) atoms. The third-order valence-electron chi connectivity index (χ3n) is 2.20. The van der Waals surface area contributed by atoms with Crippen LogP contribution in [0.3, 0.4) is 0 Å². The highest BCUT2D eigenvalue weighted by molar-refractivity contribution is 5.10. The topological polar surface area (TPSA) is 50.9 Å². The summed E-state index contributed by atoms with van der Waals surface area (Å²) >= 11 is 0. The monoisotopic (exact) mass is 203 g/mol. The molecule has 0 aliphatic heterocycles. The fraction of sp³-hybridized carbons (Fsp3) is 0.273. The molecule has 2 aromatic heterocycles. The maximum Gasteiger partial charge on any atom is 0.102 e. The van der Waals surface area contributed by atoms with E-state index >= 15 is 0 Å². The Balaban J connectivity index is 2.07. The van der Waals surface area contributed by atoms with Gasteiger partial charge in [0.25, 0.3) is 0 Å². The highest BCUT2D eigenvalue weighted by Gasteiger charge is 2.10. The van der Waals surface area contributed by atoms with Crippen LogP contribution in [0, 0.1) is 0 Å². The zero-order valence-corrected chi connectivity index (χ0v) is 8.54. The molecular formula is C11H13N3O. The molecule has 0 aromatic carbocycles. The van der Waals surface area contributed by atoms with Crippen molar-refractivity contribution in [1.82, 2.24) is 14.8 Å². The molecule has 78 valence electrons. The SMILES string of the molecule is Cn1ccc(CC(O)c2ccccn2)n1. The summed E-state index contributed by atoms with van der Waals surface area (Å²) in [7, 11) is 1.86. The van der Waals surface area contributed by atoms with Gasteiger partial charge in [-0.05, 0) is 18.2 Å². The van der Waals surface area contributed by atoms with Crippen molar-refractivity contribution in [2.75, 3.05) is 0 Å². The smallest absolute Gasteiger partial charge is 0.102 e. The molecule has 1 unspecified atom stereocenters. The van der Waals surface area contributed by atoms with Gasteiger partial charge in [0.15, 0.2) is 0 Å². The van der Waals surface area contributed by atoms with E-state index in [1.54, 1.807) is 10.9 Å². The normalized spacial score (nSPS) is 12.7. The van der Waals surface area contributed by atoms with Crippen molar-refractivity contribution in [2.45, 2.75) is 12.5 Å². The molecule has 0 amide bonds. The van der Waals surface area contributed by atoms with Crippen molar-refractivity contribution in [2.24, 2.45) is 7.05 Å². The minimum atomic E-state index is -0.582. The molecule has 0 fully saturated rings. The number of aliphatic hydroxyl groups is 1. The molecule has 1 atom stereocenters. The number of rotatable bonds is 3. The quantitative estimate of drug-likeness (QED) is 0.812. The number of aromatic nitrogens is 3. The van der Waals surface area contributed by atoms with Gasteiger partial charge in [-0.2, -0.15) is 5.10 Å². The molecule has 2 aromatic rings. The second-order valence-corrected chi connectivity index (χ2v) is 3.46. The van der Waals surface area contributed by atoms with Gasteiger partial charge in [-0.15, -0.1) is 0 Å². The van der Waals surface area contributed by atoms with Crippen LogP contribution in [0.4, 0.5) is 0 Å². The Morgan fingerprint density at radius 1 is 1.40 bits per heavy atom. The van der Waals surface area contributed by atoms with Gasteiger partial charge in [0.05, 0.1) is 11.4 Å². The van der Waals surface area contributed by atoms with Crippen LogP contribution in [0.25, 0.3) is 0 Å². The van der Waals surface area contributed by atoms with E-state index in [0.717, 1.165) is 5.69 Å². The Morgan fingerprint density at radius 2 is 2.27 bits per heavy atom. The molecule has 0 saturated carbocycles. The van der Waals surface area contributed by atoms with Crippen LogP contribution in [-0.2, 0) is 13.5 Å². The molecule has 4 heteroatoms. The molecular weight excluding hydrogens is 190 g/mol. The van der Waals surface area contributed by atoms with E-state index in [1.165, 1.54) is 0 Å². The second-order valence-electron chi connectivity index (χ2n) is 3.46. The minimum Gasteiger partial charge on any atom is -0.386 e. The highest BCUT2D eigenvalue weighted by Crippen LogP contribution is 2.14. The fourth-order valence-corrected chi connectivity index (χ4v) is 1.45. The highest BCUT2D eigenvalue weighted by atomic mass is 16.3. The number of pyridine rings is 1. The lowest BCUT2D eigenvalue weighted by Gasteiger charge is -2.07. The van der Waals surface area contributed by atoms with E-state index < -0.39 is 6.10 Å². The average molecular weight is 203 g/mol. The number of nitrogens with zero attached hydrogens (tertiary/aromatic N) is 3. The van der Waals surface area contributed by atoms with Crippen LogP contribution in [0.5, 0.6) is 0 Å². The predicted octanol–water partition coefficient (Wildman–Crippen LogP) is 1.09. The van der Waals surface area contributed by atoms with E-state index in [4.69, 9.17) is 0 Å². The van der Waals surface area contributed by atoms with Crippen molar-refractivity contribution in [3.8, 4) is 0 Å². The molecule has 0 aliphatic rings. The van der Waals surface area contributed by atoms with Crippen LogP contribution < -0.4 is 0 Å². The maximum absolute atomic E-state index is 9.87. The lowest BCUT2D eigenvalue weighted by Crippen LogP contribution is -2.04. The van der Waals surface area contributed by atoms with Gasteiger partial charge >= 0.3 is 0 Å². The second kappa shape index (κ2) is 4.23. The first-order valence-corrected chi connectivity index (χ1v) is 4.83. The van der Waals surface area contributed by atoms with Crippen LogP contribution in [0.2, 0.25) is 0 Å². The van der Waals surface area contributed by atoms with Gasteiger partial charge in [0.1, 0.15) is 6.10 Å². The number of aliphatic hydroxyl groups excluding tert-OH is 1. The summed E-state index contributed by atoms with van der Waals surface area (Å²) in [5.74, 6) is 0. The molecule has 2 rings (SSSR count). The van der Waals surface area contributed by atoms with Crippen molar-refractivity contribution >= 4 is 0 Å². The summed E-state index contributed by atoms with van der Waals surface area (Å²) in [6.07, 6.45) is 3.45. The summed E-state index contributed by atoms with van der Waals surface area (Å²) in [6.45, 7) is 0. The van der Waals surface area contributed by atoms with Crippen LogP contribution in [0.1, 0.15) is 17.5 Å². The number of hydrogen-bond acceptors (Lipinski definition) is 3. The first kappa shape index (κ1) is 9.86. The summed E-state index contributed by atoms with van der Waals surface area (Å²) < 4.78 is 1.72. The summed E-state index contributed by atoms with van der Waals surface area (Å²) in [5, 5.41) is 14.1. The molecule has 0 saturated heterocycles. The minimum absolute atomic E-state index is 0.498. The van der Waals surface area contributed by atoms with Gasteiger partial charge in [0, 0.05) is 25.9 Å².